The number of hydrogen-bond donors (Lipinski definition) is 2. The summed E-state index contributed by atoms with van der Waals surface area (Å²) >= 11 is 0. The Morgan fingerprint density at radius 1 is 1.17 bits per heavy atom. The first-order valence-electron chi connectivity index (χ1n) is 6.35. The number of aliphatic hydroxyl groups is 1. The summed E-state index contributed by atoms with van der Waals surface area (Å²) < 4.78 is 0. The van der Waals surface area contributed by atoms with Crippen LogP contribution >= 0.6 is 0 Å². The summed E-state index contributed by atoms with van der Waals surface area (Å²) in [6.07, 6.45) is 2.44. The van der Waals surface area contributed by atoms with Gasteiger partial charge in [0.2, 0.25) is 0 Å². The lowest BCUT2D eigenvalue weighted by Crippen LogP contribution is -2.50. The summed E-state index contributed by atoms with van der Waals surface area (Å²) in [5.41, 5.74) is 0.331. The maximum Gasteiger partial charge on any atom is 0.335 e. The van der Waals surface area contributed by atoms with Gasteiger partial charge in [-0.15, -0.1) is 0 Å². The number of carbonyl (C=O) groups is 1. The van der Waals surface area contributed by atoms with E-state index in [9.17, 15) is 9.90 Å². The first kappa shape index (κ1) is 13.1. The number of rotatable bonds is 1. The molecule has 1 atom stereocenters. The van der Waals surface area contributed by atoms with Crippen LogP contribution in [0.3, 0.4) is 0 Å². The molecule has 4 heteroatoms. The molecule has 0 amide bonds. The molecule has 98 valence electrons. The Hall–Kier alpha value is -1.39. The van der Waals surface area contributed by atoms with Gasteiger partial charge in [0.05, 0.1) is 11.7 Å². The Morgan fingerprint density at radius 2 is 1.78 bits per heavy atom. The van der Waals surface area contributed by atoms with E-state index < -0.39 is 5.97 Å². The minimum Gasteiger partial charge on any atom is -0.478 e. The molecule has 18 heavy (non-hydrogen) atoms. The molecule has 0 spiro atoms. The monoisotopic (exact) mass is 249 g/mol. The standard InChI is InChI=1S/C7H13NO.C7H6O2/c9-7-5-8-3-1-6(7)2-4-8;8-7(9)6-4-2-1-3-5-6/h6-7,9H,1-5H2;1-5H,(H,8,9). The average molecular weight is 249 g/mol. The highest BCUT2D eigenvalue weighted by molar-refractivity contribution is 5.87. The Kier molecular flexibility index (Phi) is 4.33. The quantitative estimate of drug-likeness (QED) is 0.791. The maximum absolute atomic E-state index is 10.2. The fourth-order valence-electron chi connectivity index (χ4n) is 2.51. The van der Waals surface area contributed by atoms with Crippen molar-refractivity contribution in [2.45, 2.75) is 18.9 Å². The summed E-state index contributed by atoms with van der Waals surface area (Å²) in [4.78, 5) is 12.6. The molecule has 0 aromatic heterocycles. The van der Waals surface area contributed by atoms with Gasteiger partial charge in [0.25, 0.3) is 0 Å². The van der Waals surface area contributed by atoms with Crippen molar-refractivity contribution >= 4 is 5.97 Å². The molecule has 2 bridgehead atoms. The third kappa shape index (κ3) is 3.31. The highest BCUT2D eigenvalue weighted by atomic mass is 16.4. The first-order valence-corrected chi connectivity index (χ1v) is 6.35. The van der Waals surface area contributed by atoms with E-state index in [1.807, 2.05) is 0 Å². The van der Waals surface area contributed by atoms with Crippen LogP contribution in [0.5, 0.6) is 0 Å². The maximum atomic E-state index is 10.2. The molecular formula is C14H19NO3. The van der Waals surface area contributed by atoms with Gasteiger partial charge in [0, 0.05) is 6.54 Å². The van der Waals surface area contributed by atoms with Crippen LogP contribution < -0.4 is 0 Å². The second-order valence-electron chi connectivity index (χ2n) is 4.88. The van der Waals surface area contributed by atoms with Gasteiger partial charge in [0.1, 0.15) is 0 Å². The molecule has 3 aliphatic heterocycles. The van der Waals surface area contributed by atoms with Gasteiger partial charge in [0.15, 0.2) is 0 Å². The van der Waals surface area contributed by atoms with E-state index in [0.29, 0.717) is 11.5 Å². The molecule has 3 saturated heterocycles. The zero-order chi connectivity index (χ0) is 13.0. The van der Waals surface area contributed by atoms with E-state index in [1.54, 1.807) is 30.3 Å². The highest BCUT2D eigenvalue weighted by Gasteiger charge is 2.32. The van der Waals surface area contributed by atoms with Crippen molar-refractivity contribution in [3.05, 3.63) is 35.9 Å². The van der Waals surface area contributed by atoms with Gasteiger partial charge >= 0.3 is 5.97 Å². The third-order valence-electron chi connectivity index (χ3n) is 3.64. The van der Waals surface area contributed by atoms with Crippen molar-refractivity contribution in [2.24, 2.45) is 5.92 Å². The summed E-state index contributed by atoms with van der Waals surface area (Å²) in [6, 6.07) is 8.30. The molecule has 1 aromatic carbocycles. The molecule has 4 nitrogen and oxygen atoms in total. The number of aromatic carboxylic acids is 1. The number of aliphatic hydroxyl groups excluding tert-OH is 1. The molecular weight excluding hydrogens is 230 g/mol. The number of carboxylic acids is 1. The first-order chi connectivity index (χ1) is 8.66. The number of fused-ring (bicyclic) bond motifs is 3. The summed E-state index contributed by atoms with van der Waals surface area (Å²) in [6.45, 7) is 3.38. The zero-order valence-electron chi connectivity index (χ0n) is 10.3. The number of benzene rings is 1. The molecule has 2 N–H and O–H groups in total. The third-order valence-corrected chi connectivity index (χ3v) is 3.64. The fraction of sp³-hybridized carbons (Fsp3) is 0.500. The van der Waals surface area contributed by atoms with Crippen molar-refractivity contribution in [2.75, 3.05) is 19.6 Å². The molecule has 0 saturated carbocycles. The minimum absolute atomic E-state index is 0.00694. The molecule has 4 rings (SSSR count). The Balaban J connectivity index is 0.000000134. The molecule has 3 fully saturated rings. The lowest BCUT2D eigenvalue weighted by Gasteiger charge is -2.42. The molecule has 0 aliphatic carbocycles. The van der Waals surface area contributed by atoms with Crippen LogP contribution in [0.25, 0.3) is 0 Å². The van der Waals surface area contributed by atoms with E-state index in [-0.39, 0.29) is 6.10 Å². The average Bonchev–Trinajstić information content (AvgIpc) is 2.41. The Bertz CT molecular complexity index is 385. The predicted octanol–water partition coefficient (Wildman–Crippen LogP) is 1.46. The SMILES string of the molecule is O=C(O)c1ccccc1.OC1CN2CCC1CC2. The van der Waals surface area contributed by atoms with Crippen molar-refractivity contribution in [3.63, 3.8) is 0 Å². The van der Waals surface area contributed by atoms with Gasteiger partial charge in [-0.25, -0.2) is 4.79 Å². The van der Waals surface area contributed by atoms with E-state index >= 15 is 0 Å². The fourth-order valence-corrected chi connectivity index (χ4v) is 2.51. The number of nitrogens with zero attached hydrogens (tertiary/aromatic N) is 1. The van der Waals surface area contributed by atoms with Crippen molar-refractivity contribution < 1.29 is 15.0 Å². The zero-order valence-corrected chi connectivity index (χ0v) is 10.3. The van der Waals surface area contributed by atoms with Crippen molar-refractivity contribution in [1.29, 1.82) is 0 Å². The normalized spacial score (nSPS) is 29.3. The van der Waals surface area contributed by atoms with E-state index in [4.69, 9.17) is 5.11 Å². The molecule has 3 heterocycles. The Morgan fingerprint density at radius 3 is 2.06 bits per heavy atom. The lowest BCUT2D eigenvalue weighted by molar-refractivity contribution is -0.0227. The molecule has 0 radical (unpaired) electrons. The second-order valence-corrected chi connectivity index (χ2v) is 4.88. The lowest BCUT2D eigenvalue weighted by atomic mass is 9.86. The minimum atomic E-state index is -0.879. The van der Waals surface area contributed by atoms with Crippen LogP contribution in [0, 0.1) is 5.92 Å². The van der Waals surface area contributed by atoms with Crippen LogP contribution in [-0.2, 0) is 0 Å². The van der Waals surface area contributed by atoms with Crippen molar-refractivity contribution in [3.8, 4) is 0 Å². The van der Waals surface area contributed by atoms with E-state index in [0.717, 1.165) is 6.54 Å². The highest BCUT2D eigenvalue weighted by Crippen LogP contribution is 2.26. The number of piperidine rings is 3. The van der Waals surface area contributed by atoms with Gasteiger partial charge in [-0.2, -0.15) is 0 Å². The van der Waals surface area contributed by atoms with Crippen LogP contribution in [0.2, 0.25) is 0 Å². The van der Waals surface area contributed by atoms with Gasteiger partial charge < -0.3 is 15.1 Å². The molecule has 3 aliphatic rings. The largest absolute Gasteiger partial charge is 0.478 e. The smallest absolute Gasteiger partial charge is 0.335 e. The van der Waals surface area contributed by atoms with Crippen LogP contribution in [0.1, 0.15) is 23.2 Å². The van der Waals surface area contributed by atoms with Gasteiger partial charge in [-0.1, -0.05) is 18.2 Å². The van der Waals surface area contributed by atoms with Crippen LogP contribution in [0.15, 0.2) is 30.3 Å². The number of carboxylic acid groups (broad SMARTS) is 1. The topological polar surface area (TPSA) is 60.8 Å². The summed E-state index contributed by atoms with van der Waals surface area (Å²) in [5, 5.41) is 17.7. The van der Waals surface area contributed by atoms with E-state index in [2.05, 4.69) is 4.90 Å². The Labute approximate surface area is 107 Å². The van der Waals surface area contributed by atoms with E-state index in [1.165, 1.54) is 25.9 Å². The molecule has 1 aromatic rings. The predicted molar refractivity (Wildman–Crippen MR) is 68.6 cm³/mol. The van der Waals surface area contributed by atoms with Gasteiger partial charge in [-0.05, 0) is 44.0 Å². The van der Waals surface area contributed by atoms with Crippen LogP contribution in [0.4, 0.5) is 0 Å². The number of hydrogen-bond acceptors (Lipinski definition) is 3. The molecule has 1 unspecified atom stereocenters. The second kappa shape index (κ2) is 5.98. The van der Waals surface area contributed by atoms with Crippen molar-refractivity contribution in [1.82, 2.24) is 4.90 Å². The van der Waals surface area contributed by atoms with Gasteiger partial charge in [-0.3, -0.25) is 0 Å². The summed E-state index contributed by atoms with van der Waals surface area (Å²) in [7, 11) is 0. The summed E-state index contributed by atoms with van der Waals surface area (Å²) in [5.74, 6) is -0.245. The van der Waals surface area contributed by atoms with Crippen LogP contribution in [-0.4, -0.2) is 46.8 Å².